The number of rotatable bonds is 6. The van der Waals surface area contributed by atoms with Crippen molar-refractivity contribution in [3.05, 3.63) is 0 Å². The first-order valence-electron chi connectivity index (χ1n) is 4.29. The maximum atomic E-state index is 12.0. The van der Waals surface area contributed by atoms with Gasteiger partial charge in [0.2, 0.25) is 5.91 Å². The Kier molecular flexibility index (Phi) is 5.95. The van der Waals surface area contributed by atoms with Crippen LogP contribution in [0.1, 0.15) is 32.6 Å². The summed E-state index contributed by atoms with van der Waals surface area (Å²) in [5.74, 6) is -0.0969. The molecule has 0 aliphatic heterocycles. The van der Waals surface area contributed by atoms with Crippen molar-refractivity contribution in [1.82, 2.24) is 5.32 Å². The van der Waals surface area contributed by atoms with Crippen molar-refractivity contribution in [2.45, 2.75) is 38.0 Å². The summed E-state index contributed by atoms with van der Waals surface area (Å²) < 4.78 is 24.1. The lowest BCUT2D eigenvalue weighted by molar-refractivity contribution is -0.121. The largest absolute Gasteiger partial charge is 0.356 e. The highest BCUT2D eigenvalue weighted by molar-refractivity contribution is 6.21. The molecule has 13 heavy (non-hydrogen) atoms. The Balaban J connectivity index is 3.31. The van der Waals surface area contributed by atoms with E-state index < -0.39 is 11.8 Å². The Labute approximate surface area is 81.6 Å². The molecule has 0 heterocycles. The van der Waals surface area contributed by atoms with Gasteiger partial charge in [0.05, 0.1) is 0 Å². The van der Waals surface area contributed by atoms with Crippen molar-refractivity contribution in [1.29, 1.82) is 0 Å². The average molecular weight is 214 g/mol. The summed E-state index contributed by atoms with van der Waals surface area (Å²) in [5, 5.41) is -0.618. The van der Waals surface area contributed by atoms with E-state index in [1.807, 2.05) is 6.92 Å². The minimum Gasteiger partial charge on any atom is -0.356 e. The summed E-state index contributed by atoms with van der Waals surface area (Å²) in [6, 6.07) is 0. The maximum absolute atomic E-state index is 12.0. The van der Waals surface area contributed by atoms with Gasteiger partial charge in [-0.25, -0.2) is 0 Å². The van der Waals surface area contributed by atoms with E-state index in [0.717, 1.165) is 6.42 Å². The second-order valence-electron chi connectivity index (χ2n) is 2.82. The minimum absolute atomic E-state index is 0.0969. The van der Waals surface area contributed by atoms with Gasteiger partial charge in [0, 0.05) is 19.4 Å². The third-order valence-electron chi connectivity index (χ3n) is 1.44. The third-order valence-corrected chi connectivity index (χ3v) is 1.63. The molecule has 0 bridgehead atoms. The first-order chi connectivity index (χ1) is 5.95. The summed E-state index contributed by atoms with van der Waals surface area (Å²) in [6.45, 7) is 2.15. The fourth-order valence-electron chi connectivity index (χ4n) is 0.832. The molecular weight excluding hydrogens is 200 g/mol. The summed E-state index contributed by atoms with van der Waals surface area (Å²) >= 11 is 4.66. The van der Waals surface area contributed by atoms with E-state index in [1.54, 1.807) is 0 Å². The van der Waals surface area contributed by atoms with Gasteiger partial charge in [0.1, 0.15) is 0 Å². The van der Waals surface area contributed by atoms with Gasteiger partial charge in [-0.3, -0.25) is 4.79 Å². The Morgan fingerprint density at radius 3 is 2.62 bits per heavy atom. The molecule has 0 aromatic rings. The zero-order chi connectivity index (χ0) is 10.3. The van der Waals surface area contributed by atoms with E-state index in [2.05, 4.69) is 16.9 Å². The number of carbonyl (C=O) groups excluding carboxylic acids is 1. The zero-order valence-electron chi connectivity index (χ0n) is 7.58. The van der Waals surface area contributed by atoms with Crippen LogP contribution in [0.3, 0.4) is 0 Å². The summed E-state index contributed by atoms with van der Waals surface area (Å²) in [7, 11) is 0. The van der Waals surface area contributed by atoms with Crippen molar-refractivity contribution in [3.8, 4) is 0 Å². The summed E-state index contributed by atoms with van der Waals surface area (Å²) in [5.41, 5.74) is 0. The summed E-state index contributed by atoms with van der Waals surface area (Å²) in [4.78, 5) is 10.8. The number of carbonyl (C=O) groups is 1. The molecular formula is C8H14ClF2NO. The van der Waals surface area contributed by atoms with Gasteiger partial charge in [-0.2, -0.15) is 8.78 Å². The number of nitrogens with one attached hydrogen (secondary N) is 1. The molecule has 0 spiro atoms. The van der Waals surface area contributed by atoms with Gasteiger partial charge in [-0.05, 0) is 24.4 Å². The van der Waals surface area contributed by atoms with Crippen molar-refractivity contribution >= 4 is 17.5 Å². The van der Waals surface area contributed by atoms with E-state index >= 15 is 0 Å². The van der Waals surface area contributed by atoms with E-state index in [9.17, 15) is 13.6 Å². The Hall–Kier alpha value is -0.380. The minimum atomic E-state index is -3.14. The maximum Gasteiger partial charge on any atom is 0.321 e. The Bertz CT molecular complexity index is 159. The van der Waals surface area contributed by atoms with Crippen LogP contribution in [0.25, 0.3) is 0 Å². The summed E-state index contributed by atoms with van der Waals surface area (Å²) in [6.07, 6.45) is 1.00. The quantitative estimate of drug-likeness (QED) is 0.533. The average Bonchev–Trinajstić information content (AvgIpc) is 1.97. The predicted octanol–water partition coefficient (Wildman–Crippen LogP) is 2.51. The first-order valence-corrected chi connectivity index (χ1v) is 4.67. The van der Waals surface area contributed by atoms with Crippen LogP contribution in [0.5, 0.6) is 0 Å². The fourth-order valence-corrected chi connectivity index (χ4v) is 0.966. The molecule has 1 N–H and O–H groups in total. The molecule has 78 valence electrons. The highest BCUT2D eigenvalue weighted by Crippen LogP contribution is 2.24. The molecule has 0 aliphatic carbocycles. The monoisotopic (exact) mass is 213 g/mol. The number of halogens is 3. The molecule has 0 aromatic heterocycles. The molecule has 1 amide bonds. The smallest absolute Gasteiger partial charge is 0.321 e. The van der Waals surface area contributed by atoms with Crippen molar-refractivity contribution in [3.63, 3.8) is 0 Å². The van der Waals surface area contributed by atoms with Gasteiger partial charge >= 0.3 is 5.38 Å². The number of amides is 1. The molecule has 0 radical (unpaired) electrons. The molecule has 0 aromatic carbocycles. The second-order valence-corrected chi connectivity index (χ2v) is 3.37. The Morgan fingerprint density at radius 2 is 2.15 bits per heavy atom. The van der Waals surface area contributed by atoms with Crippen molar-refractivity contribution in [2.24, 2.45) is 0 Å². The molecule has 0 rings (SSSR count). The lowest BCUT2D eigenvalue weighted by atomic mass is 10.3. The third kappa shape index (κ3) is 9.53. The molecule has 2 nitrogen and oxygen atoms in total. The van der Waals surface area contributed by atoms with E-state index in [-0.39, 0.29) is 18.9 Å². The van der Waals surface area contributed by atoms with Gasteiger partial charge in [-0.1, -0.05) is 6.92 Å². The van der Waals surface area contributed by atoms with E-state index in [0.29, 0.717) is 6.42 Å². The lowest BCUT2D eigenvalue weighted by Gasteiger charge is -2.07. The molecule has 0 atom stereocenters. The molecule has 0 saturated carbocycles. The van der Waals surface area contributed by atoms with Crippen molar-refractivity contribution < 1.29 is 13.6 Å². The zero-order valence-corrected chi connectivity index (χ0v) is 8.33. The normalized spacial score (nSPS) is 11.4. The molecule has 0 unspecified atom stereocenters. The molecule has 0 aliphatic rings. The number of alkyl halides is 3. The highest BCUT2D eigenvalue weighted by Gasteiger charge is 2.23. The van der Waals surface area contributed by atoms with Crippen LogP contribution in [-0.2, 0) is 4.79 Å². The van der Waals surface area contributed by atoms with Crippen LogP contribution in [0.2, 0.25) is 0 Å². The van der Waals surface area contributed by atoms with Crippen LogP contribution >= 0.6 is 11.6 Å². The van der Waals surface area contributed by atoms with Gasteiger partial charge in [0.25, 0.3) is 0 Å². The topological polar surface area (TPSA) is 29.1 Å². The van der Waals surface area contributed by atoms with E-state index in [4.69, 9.17) is 0 Å². The SMILES string of the molecule is CCCC(=O)NCCCC(F)(F)Cl. The molecule has 0 fully saturated rings. The second kappa shape index (κ2) is 6.13. The standard InChI is InChI=1S/C8H14ClF2NO/c1-2-4-7(13)12-6-3-5-8(9,10)11/h2-6H2,1H3,(H,12,13). The molecule has 0 saturated heterocycles. The van der Waals surface area contributed by atoms with Crippen LogP contribution in [0, 0.1) is 0 Å². The van der Waals surface area contributed by atoms with Crippen LogP contribution in [-0.4, -0.2) is 17.8 Å². The first kappa shape index (κ1) is 12.6. The van der Waals surface area contributed by atoms with Crippen LogP contribution in [0.15, 0.2) is 0 Å². The van der Waals surface area contributed by atoms with Gasteiger partial charge in [0.15, 0.2) is 0 Å². The highest BCUT2D eigenvalue weighted by atomic mass is 35.5. The number of hydrogen-bond acceptors (Lipinski definition) is 1. The number of hydrogen-bond donors (Lipinski definition) is 1. The van der Waals surface area contributed by atoms with Crippen LogP contribution < -0.4 is 5.32 Å². The van der Waals surface area contributed by atoms with Crippen LogP contribution in [0.4, 0.5) is 8.78 Å². The Morgan fingerprint density at radius 1 is 1.54 bits per heavy atom. The van der Waals surface area contributed by atoms with Gasteiger partial charge < -0.3 is 5.32 Å². The van der Waals surface area contributed by atoms with Crippen molar-refractivity contribution in [2.75, 3.05) is 6.54 Å². The predicted molar refractivity (Wildman–Crippen MR) is 48.0 cm³/mol. The fraction of sp³-hybridized carbons (Fsp3) is 0.875. The lowest BCUT2D eigenvalue weighted by Crippen LogP contribution is -2.24. The van der Waals surface area contributed by atoms with Gasteiger partial charge in [-0.15, -0.1) is 0 Å². The van der Waals surface area contributed by atoms with E-state index in [1.165, 1.54) is 0 Å². The molecule has 5 heteroatoms.